The van der Waals surface area contributed by atoms with E-state index < -0.39 is 26.6 Å². The monoisotopic (exact) mass is 949 g/mol. The number of nitrogens with zero attached hydrogens (tertiary/aromatic N) is 1. The van der Waals surface area contributed by atoms with Crippen molar-refractivity contribution in [2.24, 2.45) is 0 Å². The molecule has 2 N–H and O–H groups in total. The summed E-state index contributed by atoms with van der Waals surface area (Å²) in [5, 5.41) is 13.8. The van der Waals surface area contributed by atoms with Crippen molar-refractivity contribution >= 4 is 13.7 Å². The summed E-state index contributed by atoms with van der Waals surface area (Å²) < 4.78 is 23.3. The maximum Gasteiger partial charge on any atom is 0.268 e. The molecule has 8 nitrogen and oxygen atoms in total. The molecule has 388 valence electrons. The zero-order valence-corrected chi connectivity index (χ0v) is 45.0. The predicted molar refractivity (Wildman–Crippen MR) is 284 cm³/mol. The van der Waals surface area contributed by atoms with E-state index in [1.165, 1.54) is 173 Å². The number of nitrogens with one attached hydrogen (secondary N) is 1. The number of rotatable bonds is 51. The zero-order valence-electron chi connectivity index (χ0n) is 44.1. The van der Waals surface area contributed by atoms with Gasteiger partial charge in [-0.2, -0.15) is 0 Å². The van der Waals surface area contributed by atoms with E-state index in [1.807, 2.05) is 27.2 Å². The lowest BCUT2D eigenvalue weighted by Crippen LogP contribution is -2.45. The molecule has 0 aromatic carbocycles. The molecule has 9 heteroatoms. The van der Waals surface area contributed by atoms with E-state index >= 15 is 0 Å². The average Bonchev–Trinajstić information content (AvgIpc) is 3.28. The fourth-order valence-corrected chi connectivity index (χ4v) is 8.81. The minimum absolute atomic E-state index is 0.0101. The van der Waals surface area contributed by atoms with Crippen molar-refractivity contribution in [2.75, 3.05) is 40.9 Å². The Morgan fingerprint density at radius 1 is 0.530 bits per heavy atom. The van der Waals surface area contributed by atoms with E-state index in [9.17, 15) is 19.4 Å². The molecule has 0 bridgehead atoms. The van der Waals surface area contributed by atoms with E-state index in [0.717, 1.165) is 64.2 Å². The van der Waals surface area contributed by atoms with Gasteiger partial charge >= 0.3 is 0 Å². The van der Waals surface area contributed by atoms with Crippen LogP contribution in [0.4, 0.5) is 0 Å². The molecule has 3 atom stereocenters. The quantitative estimate of drug-likeness (QED) is 0.0272. The van der Waals surface area contributed by atoms with Crippen LogP contribution in [-0.4, -0.2) is 68.5 Å². The summed E-state index contributed by atoms with van der Waals surface area (Å²) in [5.41, 5.74) is 0. The van der Waals surface area contributed by atoms with E-state index in [1.54, 1.807) is 6.08 Å². The van der Waals surface area contributed by atoms with Crippen LogP contribution >= 0.6 is 7.82 Å². The second kappa shape index (κ2) is 48.5. The molecule has 0 fully saturated rings. The summed E-state index contributed by atoms with van der Waals surface area (Å²) in [5.74, 6) is -0.220. The Morgan fingerprint density at radius 2 is 0.894 bits per heavy atom. The van der Waals surface area contributed by atoms with Gasteiger partial charge in [0.15, 0.2) is 0 Å². The molecule has 0 heterocycles. The van der Waals surface area contributed by atoms with E-state index in [-0.39, 0.29) is 12.5 Å². The number of carbonyl (C=O) groups is 1. The number of hydrogen-bond donors (Lipinski definition) is 2. The van der Waals surface area contributed by atoms with Crippen LogP contribution in [0.25, 0.3) is 0 Å². The minimum atomic E-state index is -4.61. The van der Waals surface area contributed by atoms with Gasteiger partial charge in [0.1, 0.15) is 13.2 Å². The number of hydrogen-bond acceptors (Lipinski definition) is 6. The van der Waals surface area contributed by atoms with Crippen LogP contribution in [0.5, 0.6) is 0 Å². The van der Waals surface area contributed by atoms with Crippen LogP contribution in [0.3, 0.4) is 0 Å². The van der Waals surface area contributed by atoms with Crippen LogP contribution in [0.15, 0.2) is 48.6 Å². The van der Waals surface area contributed by atoms with E-state index in [4.69, 9.17) is 9.05 Å². The SMILES string of the molecule is CCCCCC/C=C\C/C=C\CCCCCCCC(=O)NC(COP(=O)([O-])OCC[N+](C)(C)C)C(O)/C=C/CC/C=C/CCCCCCCCCCCCCCCCCCCCCCCC. The Balaban J connectivity index is 4.24. The van der Waals surface area contributed by atoms with Crippen LogP contribution in [0.2, 0.25) is 0 Å². The Kier molecular flexibility index (Phi) is 47.4. The third kappa shape index (κ3) is 50.3. The first-order valence-corrected chi connectivity index (χ1v) is 29.5. The van der Waals surface area contributed by atoms with Gasteiger partial charge in [-0.3, -0.25) is 9.36 Å². The van der Waals surface area contributed by atoms with Gasteiger partial charge in [-0.05, 0) is 64.2 Å². The molecular formula is C57H109N2O6P. The third-order valence-corrected chi connectivity index (χ3v) is 13.5. The lowest BCUT2D eigenvalue weighted by molar-refractivity contribution is -0.870. The molecular weight excluding hydrogens is 840 g/mol. The summed E-state index contributed by atoms with van der Waals surface area (Å²) in [4.78, 5) is 25.4. The Hall–Kier alpha value is -1.54. The molecule has 0 aliphatic rings. The first kappa shape index (κ1) is 64.5. The number of phosphoric acid groups is 1. The molecule has 66 heavy (non-hydrogen) atoms. The van der Waals surface area contributed by atoms with Gasteiger partial charge in [0, 0.05) is 6.42 Å². The highest BCUT2D eigenvalue weighted by molar-refractivity contribution is 7.45. The maximum absolute atomic E-state index is 12.9. The summed E-state index contributed by atoms with van der Waals surface area (Å²) in [6.45, 7) is 4.62. The Morgan fingerprint density at radius 3 is 1.33 bits per heavy atom. The summed E-state index contributed by atoms with van der Waals surface area (Å²) >= 11 is 0. The third-order valence-electron chi connectivity index (χ3n) is 12.5. The molecule has 0 aromatic heterocycles. The highest BCUT2D eigenvalue weighted by Crippen LogP contribution is 2.38. The largest absolute Gasteiger partial charge is 0.756 e. The average molecular weight is 949 g/mol. The van der Waals surface area contributed by atoms with E-state index in [0.29, 0.717) is 17.4 Å². The lowest BCUT2D eigenvalue weighted by atomic mass is 10.0. The Labute approximate surface area is 409 Å². The topological polar surface area (TPSA) is 108 Å². The predicted octanol–water partition coefficient (Wildman–Crippen LogP) is 16.1. The summed E-state index contributed by atoms with van der Waals surface area (Å²) in [6.07, 6.45) is 63.4. The molecule has 0 radical (unpaired) electrons. The van der Waals surface area contributed by atoms with Crippen molar-refractivity contribution in [3.8, 4) is 0 Å². The van der Waals surface area contributed by atoms with Gasteiger partial charge in [-0.25, -0.2) is 0 Å². The van der Waals surface area contributed by atoms with Crippen molar-refractivity contribution in [3.05, 3.63) is 48.6 Å². The van der Waals surface area contributed by atoms with Crippen LogP contribution in [0, 0.1) is 0 Å². The molecule has 0 spiro atoms. The maximum atomic E-state index is 12.9. The first-order chi connectivity index (χ1) is 32.0. The van der Waals surface area contributed by atoms with Crippen molar-refractivity contribution in [1.82, 2.24) is 5.32 Å². The number of amides is 1. The molecule has 0 saturated heterocycles. The lowest BCUT2D eigenvalue weighted by Gasteiger charge is -2.29. The van der Waals surface area contributed by atoms with Gasteiger partial charge in [0.25, 0.3) is 7.82 Å². The van der Waals surface area contributed by atoms with Crippen molar-refractivity contribution in [2.45, 2.75) is 270 Å². The van der Waals surface area contributed by atoms with Gasteiger partial charge in [-0.1, -0.05) is 236 Å². The number of unbranched alkanes of at least 4 members (excludes halogenated alkanes) is 32. The number of allylic oxidation sites excluding steroid dienone is 7. The molecule has 1 amide bonds. The van der Waals surface area contributed by atoms with E-state index in [2.05, 4.69) is 55.6 Å². The fraction of sp³-hybridized carbons (Fsp3) is 0.842. The van der Waals surface area contributed by atoms with Crippen molar-refractivity contribution in [1.29, 1.82) is 0 Å². The number of phosphoric ester groups is 1. The van der Waals surface area contributed by atoms with Crippen molar-refractivity contribution in [3.63, 3.8) is 0 Å². The highest BCUT2D eigenvalue weighted by Gasteiger charge is 2.23. The summed E-state index contributed by atoms with van der Waals surface area (Å²) in [6, 6.07) is -0.912. The zero-order chi connectivity index (χ0) is 48.5. The first-order valence-electron chi connectivity index (χ1n) is 28.0. The smallest absolute Gasteiger partial charge is 0.268 e. The molecule has 0 rings (SSSR count). The van der Waals surface area contributed by atoms with Crippen LogP contribution < -0.4 is 10.2 Å². The number of aliphatic hydroxyl groups is 1. The van der Waals surface area contributed by atoms with Gasteiger partial charge in [0.05, 0.1) is 39.9 Å². The molecule has 0 aromatic rings. The number of carbonyl (C=O) groups excluding carboxylic acids is 1. The molecule has 0 aliphatic carbocycles. The second-order valence-electron chi connectivity index (χ2n) is 20.3. The molecule has 0 aliphatic heterocycles. The molecule has 0 saturated carbocycles. The second-order valence-corrected chi connectivity index (χ2v) is 21.7. The Bertz CT molecular complexity index is 1210. The van der Waals surface area contributed by atoms with Crippen LogP contribution in [0.1, 0.15) is 258 Å². The normalized spacial score (nSPS) is 14.3. The van der Waals surface area contributed by atoms with Gasteiger partial charge in [-0.15, -0.1) is 0 Å². The van der Waals surface area contributed by atoms with Crippen LogP contribution in [-0.2, 0) is 18.4 Å². The number of aliphatic hydroxyl groups excluding tert-OH is 1. The van der Waals surface area contributed by atoms with Gasteiger partial charge < -0.3 is 28.8 Å². The highest BCUT2D eigenvalue weighted by atomic mass is 31.2. The van der Waals surface area contributed by atoms with Gasteiger partial charge in [0.2, 0.25) is 5.91 Å². The minimum Gasteiger partial charge on any atom is -0.756 e. The summed E-state index contributed by atoms with van der Waals surface area (Å²) in [7, 11) is 1.23. The fourth-order valence-electron chi connectivity index (χ4n) is 8.08. The number of likely N-dealkylation sites (N-methyl/N-ethyl adjacent to an activating group) is 1. The standard InChI is InChI=1S/C57H109N2O6P/c1-6-8-10-12-14-16-18-20-22-24-25-26-27-28-29-30-31-32-33-34-35-36-38-40-42-44-46-48-50-56(60)55(54-65-66(62,63)64-53-52-59(3,4)5)58-57(61)51-49-47-45-43-41-39-37-23-21-19-17-15-13-11-9-7-2/h17,19,23,37,40,42,48,50,55-56,60H,6-16,18,20-22,24-36,38-39,41,43-47,49,51-54H2,1-5H3,(H-,58,61,62,63)/b19-17-,37-23-,42-40+,50-48+. The number of quaternary nitrogens is 1. The molecule has 3 unspecified atom stereocenters. The van der Waals surface area contributed by atoms with Crippen molar-refractivity contribution < 1.29 is 32.9 Å².